The van der Waals surface area contributed by atoms with E-state index in [1.54, 1.807) is 54.7 Å². The molecule has 34 heavy (non-hydrogen) atoms. The van der Waals surface area contributed by atoms with Crippen molar-refractivity contribution >= 4 is 35.1 Å². The Morgan fingerprint density at radius 2 is 1.68 bits per heavy atom. The smallest absolute Gasteiger partial charge is 0.307 e. The van der Waals surface area contributed by atoms with Crippen LogP contribution >= 0.6 is 11.8 Å². The van der Waals surface area contributed by atoms with E-state index in [-0.39, 0.29) is 24.3 Å². The van der Waals surface area contributed by atoms with Crippen molar-refractivity contribution in [1.82, 2.24) is 9.36 Å². The van der Waals surface area contributed by atoms with Gasteiger partial charge in [-0.05, 0) is 44.4 Å². The molecule has 1 heterocycles. The molecule has 1 aromatic heterocycles. The van der Waals surface area contributed by atoms with Crippen LogP contribution in [-0.4, -0.2) is 39.4 Å². The van der Waals surface area contributed by atoms with E-state index < -0.39 is 23.5 Å². The number of anilines is 1. The third-order valence-electron chi connectivity index (χ3n) is 5.45. The van der Waals surface area contributed by atoms with Crippen LogP contribution in [0.15, 0.2) is 64.3 Å². The second-order valence-corrected chi connectivity index (χ2v) is 8.59. The van der Waals surface area contributed by atoms with Gasteiger partial charge < -0.3 is 10.1 Å². The van der Waals surface area contributed by atoms with Crippen molar-refractivity contribution in [2.45, 2.75) is 37.7 Å². The SMILES string of the molecule is CSc1ccc(C(=O)CCC(=O)OC(C)C(=O)Nc2c(C)n(C)n(-c3ccccc3)c2=O)cc1. The van der Waals surface area contributed by atoms with Crippen LogP contribution in [0, 0.1) is 6.92 Å². The molecule has 1 unspecified atom stereocenters. The lowest BCUT2D eigenvalue weighted by molar-refractivity contribution is -0.153. The van der Waals surface area contributed by atoms with Crippen LogP contribution < -0.4 is 10.9 Å². The Balaban J connectivity index is 1.59. The molecule has 0 saturated carbocycles. The van der Waals surface area contributed by atoms with Crippen LogP contribution in [0.3, 0.4) is 0 Å². The minimum absolute atomic E-state index is 0.0225. The first-order valence-electron chi connectivity index (χ1n) is 10.7. The van der Waals surface area contributed by atoms with Gasteiger partial charge in [-0.1, -0.05) is 30.3 Å². The number of ether oxygens (including phenoxy) is 1. The number of benzene rings is 2. The highest BCUT2D eigenvalue weighted by Crippen LogP contribution is 2.17. The van der Waals surface area contributed by atoms with Crippen molar-refractivity contribution in [3.63, 3.8) is 0 Å². The lowest BCUT2D eigenvalue weighted by Crippen LogP contribution is -2.32. The summed E-state index contributed by atoms with van der Waals surface area (Å²) in [6, 6.07) is 16.2. The van der Waals surface area contributed by atoms with Crippen molar-refractivity contribution in [2.24, 2.45) is 7.05 Å². The molecule has 0 radical (unpaired) electrons. The second-order valence-electron chi connectivity index (χ2n) is 7.71. The monoisotopic (exact) mass is 481 g/mol. The summed E-state index contributed by atoms with van der Waals surface area (Å²) in [5, 5.41) is 2.58. The second kappa shape index (κ2) is 11.0. The topological polar surface area (TPSA) is 99.4 Å². The number of carbonyl (C=O) groups is 3. The summed E-state index contributed by atoms with van der Waals surface area (Å²) in [5.74, 6) is -1.47. The van der Waals surface area contributed by atoms with Gasteiger partial charge in [0.25, 0.3) is 11.5 Å². The summed E-state index contributed by atoms with van der Waals surface area (Å²) in [6.45, 7) is 3.13. The number of esters is 1. The first-order valence-corrected chi connectivity index (χ1v) is 12.0. The van der Waals surface area contributed by atoms with Gasteiger partial charge in [-0.25, -0.2) is 4.68 Å². The fraction of sp³-hybridized carbons (Fsp3) is 0.280. The van der Waals surface area contributed by atoms with E-state index in [4.69, 9.17) is 4.74 Å². The molecule has 178 valence electrons. The predicted molar refractivity (Wildman–Crippen MR) is 132 cm³/mol. The molecule has 8 nitrogen and oxygen atoms in total. The standard InChI is InChI=1S/C25H27N3O5S/c1-16-23(25(32)28(27(16)3)19-8-6-5-7-9-19)26-24(31)17(2)33-22(30)15-14-21(29)18-10-12-20(34-4)13-11-18/h5-13,17H,14-15H2,1-4H3,(H,26,31). The Bertz CT molecular complexity index is 1250. The first kappa shape index (κ1) is 25.0. The van der Waals surface area contributed by atoms with Gasteiger partial charge in [0.2, 0.25) is 0 Å². The highest BCUT2D eigenvalue weighted by atomic mass is 32.2. The Morgan fingerprint density at radius 3 is 2.29 bits per heavy atom. The van der Waals surface area contributed by atoms with Crippen LogP contribution in [0.25, 0.3) is 5.69 Å². The third-order valence-corrected chi connectivity index (χ3v) is 6.19. The van der Waals surface area contributed by atoms with Crippen molar-refractivity contribution < 1.29 is 19.1 Å². The molecule has 1 atom stereocenters. The maximum atomic E-state index is 12.9. The van der Waals surface area contributed by atoms with Crippen LogP contribution in [-0.2, 0) is 21.4 Å². The Kier molecular flexibility index (Phi) is 8.12. The zero-order chi connectivity index (χ0) is 24.8. The zero-order valence-electron chi connectivity index (χ0n) is 19.5. The van der Waals surface area contributed by atoms with E-state index in [0.717, 1.165) is 4.90 Å². The molecule has 9 heteroatoms. The molecule has 1 amide bonds. The van der Waals surface area contributed by atoms with Crippen molar-refractivity contribution in [1.29, 1.82) is 0 Å². The van der Waals surface area contributed by atoms with Crippen LogP contribution in [0.1, 0.15) is 35.8 Å². The zero-order valence-corrected chi connectivity index (χ0v) is 20.3. The molecular formula is C25H27N3O5S. The van der Waals surface area contributed by atoms with Gasteiger partial charge >= 0.3 is 5.97 Å². The number of para-hydroxylation sites is 1. The summed E-state index contributed by atoms with van der Waals surface area (Å²) < 4.78 is 8.27. The van der Waals surface area contributed by atoms with Crippen LogP contribution in [0.4, 0.5) is 5.69 Å². The number of thioether (sulfide) groups is 1. The van der Waals surface area contributed by atoms with Crippen LogP contribution in [0.2, 0.25) is 0 Å². The Labute approximate surface area is 201 Å². The number of hydrogen-bond donors (Lipinski definition) is 1. The molecule has 3 aromatic rings. The van der Waals surface area contributed by atoms with E-state index in [0.29, 0.717) is 16.9 Å². The maximum absolute atomic E-state index is 12.9. The molecule has 0 aliphatic rings. The van der Waals surface area contributed by atoms with Crippen LogP contribution in [0.5, 0.6) is 0 Å². The normalized spacial score (nSPS) is 11.6. The number of ketones is 1. The minimum Gasteiger partial charge on any atom is -0.453 e. The third kappa shape index (κ3) is 5.66. The summed E-state index contributed by atoms with van der Waals surface area (Å²) in [5.41, 5.74) is 1.45. The lowest BCUT2D eigenvalue weighted by atomic mass is 10.1. The Hall–Kier alpha value is -3.59. The Morgan fingerprint density at radius 1 is 1.03 bits per heavy atom. The summed E-state index contributed by atoms with van der Waals surface area (Å²) >= 11 is 1.57. The number of hydrogen-bond acceptors (Lipinski definition) is 6. The lowest BCUT2D eigenvalue weighted by Gasteiger charge is -2.13. The molecule has 0 fully saturated rings. The molecule has 0 aliphatic carbocycles. The number of amides is 1. The molecule has 2 aromatic carbocycles. The first-order chi connectivity index (χ1) is 16.2. The van der Waals surface area contributed by atoms with Gasteiger partial charge in [-0.15, -0.1) is 11.8 Å². The van der Waals surface area contributed by atoms with Gasteiger partial charge in [-0.2, -0.15) is 0 Å². The summed E-state index contributed by atoms with van der Waals surface area (Å²) in [7, 11) is 1.72. The predicted octanol–water partition coefficient (Wildman–Crippen LogP) is 3.74. The molecule has 3 rings (SSSR count). The fourth-order valence-corrected chi connectivity index (χ4v) is 3.79. The molecule has 1 N–H and O–H groups in total. The van der Waals surface area contributed by atoms with Gasteiger partial charge in [0.1, 0.15) is 5.69 Å². The maximum Gasteiger partial charge on any atom is 0.307 e. The van der Waals surface area contributed by atoms with E-state index in [1.807, 2.05) is 36.6 Å². The van der Waals surface area contributed by atoms with E-state index in [1.165, 1.54) is 11.6 Å². The van der Waals surface area contributed by atoms with Gasteiger partial charge in [-0.3, -0.25) is 23.9 Å². The quantitative estimate of drug-likeness (QED) is 0.284. The van der Waals surface area contributed by atoms with Crippen molar-refractivity contribution in [2.75, 3.05) is 11.6 Å². The number of carbonyl (C=O) groups excluding carboxylic acids is 3. The number of nitrogens with zero attached hydrogens (tertiary/aromatic N) is 2. The number of Topliss-reactive ketones (excluding diaryl/α,β-unsaturated/α-hetero) is 1. The molecule has 0 spiro atoms. The van der Waals surface area contributed by atoms with Crippen molar-refractivity contribution in [3.05, 3.63) is 76.2 Å². The number of rotatable bonds is 9. The minimum atomic E-state index is -1.13. The molecule has 0 bridgehead atoms. The molecule has 0 aliphatic heterocycles. The van der Waals surface area contributed by atoms with Gasteiger partial charge in [0, 0.05) is 23.9 Å². The molecule has 0 saturated heterocycles. The van der Waals surface area contributed by atoms with E-state index in [2.05, 4.69) is 5.32 Å². The largest absolute Gasteiger partial charge is 0.453 e. The highest BCUT2D eigenvalue weighted by Gasteiger charge is 2.23. The average molecular weight is 482 g/mol. The average Bonchev–Trinajstić information content (AvgIpc) is 3.05. The van der Waals surface area contributed by atoms with Crippen molar-refractivity contribution in [3.8, 4) is 5.69 Å². The van der Waals surface area contributed by atoms with E-state index in [9.17, 15) is 19.2 Å². The highest BCUT2D eigenvalue weighted by molar-refractivity contribution is 7.98. The number of aromatic nitrogens is 2. The number of nitrogens with one attached hydrogen (secondary N) is 1. The summed E-state index contributed by atoms with van der Waals surface area (Å²) in [4.78, 5) is 51.1. The molecular weight excluding hydrogens is 454 g/mol. The van der Waals surface area contributed by atoms with E-state index >= 15 is 0 Å². The van der Waals surface area contributed by atoms with Gasteiger partial charge in [0.15, 0.2) is 11.9 Å². The van der Waals surface area contributed by atoms with Gasteiger partial charge in [0.05, 0.1) is 17.8 Å². The summed E-state index contributed by atoms with van der Waals surface area (Å²) in [6.07, 6.45) is 0.645. The fourth-order valence-electron chi connectivity index (χ4n) is 3.38.